The number of thioether (sulfide) groups is 1. The first-order chi connectivity index (χ1) is 20.3. The Morgan fingerprint density at radius 2 is 1.65 bits per heavy atom. The van der Waals surface area contributed by atoms with E-state index in [4.69, 9.17) is 11.5 Å². The molecule has 2 rings (SSSR count). The molecule has 1 aromatic rings. The largest absolute Gasteiger partial charge is 0.481 e. The van der Waals surface area contributed by atoms with Crippen molar-refractivity contribution in [2.45, 2.75) is 49.9 Å². The number of aromatic amines is 1. The van der Waals surface area contributed by atoms with Gasteiger partial charge in [0.1, 0.15) is 24.2 Å². The standard InChI is InChI=1S/C23H34N10O9S/c24-23(25)27-3-1-2-12-19(38)28-7-16(34)30-14(5-18(36)37)21(40)33-15(22(41)42)8-43-9-17(35)31-13(20(39)32-12)4-11-6-26-10-29-11/h6,10,12-15H,1-5,7-9H2,(H,26,29)(H,28,38)(H,30,34)(H,31,35)(H,32,39)(H,33,40)(H,36,37)(H,41,42)(H4,24,25,27)/t12-,13-,14-,15-/m0/s1. The van der Waals surface area contributed by atoms with Gasteiger partial charge in [-0.05, 0) is 12.8 Å². The van der Waals surface area contributed by atoms with Crippen LogP contribution in [-0.4, -0.2) is 116 Å². The van der Waals surface area contributed by atoms with Gasteiger partial charge in [-0.15, -0.1) is 11.8 Å². The maximum atomic E-state index is 13.3. The zero-order valence-corrected chi connectivity index (χ0v) is 23.6. The number of hydrogen-bond donors (Lipinski definition) is 10. The Bertz CT molecular complexity index is 1210. The van der Waals surface area contributed by atoms with E-state index in [1.165, 1.54) is 12.5 Å². The van der Waals surface area contributed by atoms with Crippen LogP contribution in [0.5, 0.6) is 0 Å². The number of guanidine groups is 1. The van der Waals surface area contributed by atoms with E-state index in [0.29, 0.717) is 5.69 Å². The van der Waals surface area contributed by atoms with Crippen LogP contribution in [0.2, 0.25) is 0 Å². The van der Waals surface area contributed by atoms with Gasteiger partial charge in [0.2, 0.25) is 29.5 Å². The zero-order chi connectivity index (χ0) is 31.9. The van der Waals surface area contributed by atoms with Crippen molar-refractivity contribution in [2.24, 2.45) is 16.5 Å². The van der Waals surface area contributed by atoms with Crippen molar-refractivity contribution < 1.29 is 43.8 Å². The van der Waals surface area contributed by atoms with Gasteiger partial charge in [0.25, 0.3) is 0 Å². The Morgan fingerprint density at radius 3 is 2.28 bits per heavy atom. The molecule has 0 radical (unpaired) electrons. The highest BCUT2D eigenvalue weighted by atomic mass is 32.2. The molecule has 0 aliphatic carbocycles. The molecule has 2 heterocycles. The van der Waals surface area contributed by atoms with Crippen LogP contribution in [0.15, 0.2) is 17.5 Å². The fourth-order valence-electron chi connectivity index (χ4n) is 3.74. The number of nitrogens with zero attached hydrogens (tertiary/aromatic N) is 2. The summed E-state index contributed by atoms with van der Waals surface area (Å²) < 4.78 is 0. The van der Waals surface area contributed by atoms with Gasteiger partial charge in [0.05, 0.1) is 25.0 Å². The quantitative estimate of drug-likeness (QED) is 0.0701. The van der Waals surface area contributed by atoms with Crippen molar-refractivity contribution in [3.05, 3.63) is 18.2 Å². The monoisotopic (exact) mass is 626 g/mol. The van der Waals surface area contributed by atoms with Crippen molar-refractivity contribution in [3.8, 4) is 0 Å². The van der Waals surface area contributed by atoms with Gasteiger partial charge < -0.3 is 53.2 Å². The van der Waals surface area contributed by atoms with E-state index in [1.54, 1.807) is 0 Å². The molecular weight excluding hydrogens is 592 g/mol. The van der Waals surface area contributed by atoms with Gasteiger partial charge in [0.15, 0.2) is 5.96 Å². The molecule has 0 unspecified atom stereocenters. The summed E-state index contributed by atoms with van der Waals surface area (Å²) in [5, 5.41) is 30.4. The van der Waals surface area contributed by atoms with Crippen molar-refractivity contribution in [1.29, 1.82) is 0 Å². The molecule has 1 aliphatic heterocycles. The average molecular weight is 627 g/mol. The third-order valence-electron chi connectivity index (χ3n) is 5.79. The van der Waals surface area contributed by atoms with Gasteiger partial charge in [-0.3, -0.25) is 33.8 Å². The third-order valence-corrected chi connectivity index (χ3v) is 6.83. The molecule has 1 saturated heterocycles. The number of rotatable bonds is 9. The number of carbonyl (C=O) groups is 7. The minimum Gasteiger partial charge on any atom is -0.481 e. The normalized spacial score (nSPS) is 22.8. The molecule has 0 spiro atoms. The number of nitrogens with two attached hydrogens (primary N) is 2. The van der Waals surface area contributed by atoms with Gasteiger partial charge in [0, 0.05) is 30.6 Å². The molecular formula is C23H34N10O9S. The maximum Gasteiger partial charge on any atom is 0.327 e. The Hall–Kier alpha value is -4.88. The Morgan fingerprint density at radius 1 is 0.953 bits per heavy atom. The molecule has 19 nitrogen and oxygen atoms in total. The van der Waals surface area contributed by atoms with Gasteiger partial charge in [-0.25, -0.2) is 9.78 Å². The summed E-state index contributed by atoms with van der Waals surface area (Å²) in [5.74, 6) is -7.95. The number of imidazole rings is 1. The first-order valence-electron chi connectivity index (χ1n) is 12.9. The Kier molecular flexibility index (Phi) is 13.7. The minimum absolute atomic E-state index is 0.0250. The lowest BCUT2D eigenvalue weighted by Crippen LogP contribution is -2.57. The Labute approximate surface area is 248 Å². The number of H-pyrrole nitrogens is 1. The molecule has 1 aromatic heterocycles. The van der Waals surface area contributed by atoms with Gasteiger partial charge >= 0.3 is 11.9 Å². The lowest BCUT2D eigenvalue weighted by molar-refractivity contribution is -0.143. The molecule has 4 atom stereocenters. The van der Waals surface area contributed by atoms with E-state index in [0.717, 1.165) is 11.8 Å². The van der Waals surface area contributed by atoms with Crippen LogP contribution in [0, 0.1) is 0 Å². The van der Waals surface area contributed by atoms with Crippen LogP contribution in [-0.2, 0) is 40.0 Å². The molecule has 0 aromatic carbocycles. The first kappa shape index (κ1) is 34.3. The number of aromatic nitrogens is 2. The van der Waals surface area contributed by atoms with Crippen LogP contribution in [0.3, 0.4) is 0 Å². The molecule has 12 N–H and O–H groups in total. The number of aliphatic carboxylic acids is 2. The molecule has 236 valence electrons. The van der Waals surface area contributed by atoms with Crippen molar-refractivity contribution in [3.63, 3.8) is 0 Å². The van der Waals surface area contributed by atoms with Crippen LogP contribution >= 0.6 is 11.8 Å². The molecule has 43 heavy (non-hydrogen) atoms. The molecule has 1 fully saturated rings. The lowest BCUT2D eigenvalue weighted by Gasteiger charge is -2.24. The first-order valence-corrected chi connectivity index (χ1v) is 14.0. The molecule has 1 aliphatic rings. The predicted molar refractivity (Wildman–Crippen MR) is 150 cm³/mol. The predicted octanol–water partition coefficient (Wildman–Crippen LogP) is -4.63. The second-order valence-electron chi connectivity index (χ2n) is 9.26. The van der Waals surface area contributed by atoms with Gasteiger partial charge in [-0.2, -0.15) is 0 Å². The summed E-state index contributed by atoms with van der Waals surface area (Å²) in [6, 6.07) is -5.61. The number of carbonyl (C=O) groups excluding carboxylic acids is 5. The van der Waals surface area contributed by atoms with Crippen LogP contribution in [0.1, 0.15) is 25.0 Å². The second kappa shape index (κ2) is 17.2. The number of amides is 5. The summed E-state index contributed by atoms with van der Waals surface area (Å²) in [6.07, 6.45) is 2.16. The van der Waals surface area contributed by atoms with Crippen molar-refractivity contribution in [2.75, 3.05) is 24.6 Å². The highest BCUT2D eigenvalue weighted by molar-refractivity contribution is 8.00. The maximum absolute atomic E-state index is 13.3. The fourth-order valence-corrected chi connectivity index (χ4v) is 4.59. The summed E-state index contributed by atoms with van der Waals surface area (Å²) in [6.45, 7) is -0.591. The highest BCUT2D eigenvalue weighted by Gasteiger charge is 2.31. The number of carboxylic acids is 2. The van der Waals surface area contributed by atoms with Gasteiger partial charge in [-0.1, -0.05) is 0 Å². The van der Waals surface area contributed by atoms with E-state index in [2.05, 4.69) is 41.5 Å². The molecule has 20 heteroatoms. The zero-order valence-electron chi connectivity index (χ0n) is 22.8. The summed E-state index contributed by atoms with van der Waals surface area (Å²) in [4.78, 5) is 97.8. The van der Waals surface area contributed by atoms with E-state index < -0.39 is 78.6 Å². The van der Waals surface area contributed by atoms with Crippen molar-refractivity contribution >= 4 is 59.2 Å². The Balaban J connectivity index is 2.33. The van der Waals surface area contributed by atoms with E-state index in [9.17, 15) is 43.8 Å². The SMILES string of the molecule is NC(N)=NCCC[C@@H]1NC(=O)[C@H](Cc2cnc[nH]2)NC(=O)CSC[C@@H](C(=O)O)NC(=O)[C@H](CC(=O)O)NC(=O)CNC1=O. The number of hydrogen-bond acceptors (Lipinski definition) is 10. The third kappa shape index (κ3) is 12.7. The highest BCUT2D eigenvalue weighted by Crippen LogP contribution is 2.08. The van der Waals surface area contributed by atoms with Crippen LogP contribution in [0.4, 0.5) is 0 Å². The summed E-state index contributed by atoms with van der Waals surface area (Å²) in [5.41, 5.74) is 11.1. The number of aliphatic imine (C=N–C) groups is 1. The van der Waals surface area contributed by atoms with E-state index in [1.807, 2.05) is 0 Å². The van der Waals surface area contributed by atoms with Crippen LogP contribution in [0.25, 0.3) is 0 Å². The van der Waals surface area contributed by atoms with E-state index in [-0.39, 0.29) is 43.3 Å². The summed E-state index contributed by atoms with van der Waals surface area (Å²) >= 11 is 0.827. The number of carboxylic acid groups (broad SMARTS) is 2. The smallest absolute Gasteiger partial charge is 0.327 e. The topological polar surface area (TPSA) is 313 Å². The minimum atomic E-state index is -1.67. The lowest BCUT2D eigenvalue weighted by atomic mass is 10.1. The van der Waals surface area contributed by atoms with Crippen LogP contribution < -0.4 is 38.1 Å². The number of nitrogens with one attached hydrogen (secondary N) is 6. The van der Waals surface area contributed by atoms with Crippen molar-refractivity contribution in [1.82, 2.24) is 36.6 Å². The van der Waals surface area contributed by atoms with E-state index >= 15 is 0 Å². The fraction of sp³-hybridized carbons (Fsp3) is 0.522. The molecule has 0 saturated carbocycles. The summed E-state index contributed by atoms with van der Waals surface area (Å²) in [7, 11) is 0. The molecule has 0 bridgehead atoms. The average Bonchev–Trinajstić information content (AvgIpc) is 3.44. The second-order valence-corrected chi connectivity index (χ2v) is 10.3. The molecule has 5 amide bonds.